The fraction of sp³-hybridized carbons (Fsp3) is 0.214. The summed E-state index contributed by atoms with van der Waals surface area (Å²) in [7, 11) is 0. The van der Waals surface area contributed by atoms with Crippen molar-refractivity contribution in [3.05, 3.63) is 46.8 Å². The van der Waals surface area contributed by atoms with Crippen LogP contribution in [0.3, 0.4) is 0 Å². The molecular formula is C14H12N4O4. The minimum atomic E-state index is -1.08. The summed E-state index contributed by atoms with van der Waals surface area (Å²) >= 11 is 0. The summed E-state index contributed by atoms with van der Waals surface area (Å²) in [5.74, 6) is 0.674. The maximum Gasteiger partial charge on any atom is 0.287 e. The molecule has 0 spiro atoms. The zero-order chi connectivity index (χ0) is 15.9. The van der Waals surface area contributed by atoms with Gasteiger partial charge in [0.25, 0.3) is 11.6 Å². The third-order valence-electron chi connectivity index (χ3n) is 3.22. The minimum Gasteiger partial charge on any atom is -0.474 e. The fourth-order valence-electron chi connectivity index (χ4n) is 2.14. The number of nitro groups is 1. The Balaban J connectivity index is 2.11. The number of nitrogens with zero attached hydrogens (tertiary/aromatic N) is 4. The van der Waals surface area contributed by atoms with Gasteiger partial charge in [0.1, 0.15) is 12.0 Å². The van der Waals surface area contributed by atoms with Crippen molar-refractivity contribution in [3.63, 3.8) is 0 Å². The Hall–Kier alpha value is -3.03. The van der Waals surface area contributed by atoms with E-state index in [-0.39, 0.29) is 17.4 Å². The fourth-order valence-corrected chi connectivity index (χ4v) is 2.14. The first kappa shape index (κ1) is 13.9. The lowest BCUT2D eigenvalue weighted by Crippen LogP contribution is -2.51. The van der Waals surface area contributed by atoms with Crippen LogP contribution in [0.2, 0.25) is 0 Å². The van der Waals surface area contributed by atoms with E-state index in [1.54, 1.807) is 26.0 Å². The highest BCUT2D eigenvalue weighted by Gasteiger charge is 2.43. The molecule has 8 heteroatoms. The predicted octanol–water partition coefficient (Wildman–Crippen LogP) is 2.22. The topological polar surface area (TPSA) is 98.5 Å². The van der Waals surface area contributed by atoms with Gasteiger partial charge in [0, 0.05) is 12.3 Å². The number of ether oxygens (including phenoxy) is 1. The quantitative estimate of drug-likeness (QED) is 0.623. The lowest BCUT2D eigenvalue weighted by atomic mass is 10.1. The second-order valence-electron chi connectivity index (χ2n) is 5.21. The summed E-state index contributed by atoms with van der Waals surface area (Å²) in [5.41, 5.74) is -1.23. The molecule has 1 aliphatic heterocycles. The minimum absolute atomic E-state index is 0.148. The molecule has 8 nitrogen and oxygen atoms in total. The SMILES string of the molecule is CC1(C)Oc2cccnc2N(c2ccc([N+](=O)[O-])cn2)C1=O. The standard InChI is InChI=1S/C14H12N4O4/c1-14(2)13(19)17(12-10(22-14)4-3-7-15-12)11-6-5-9(8-16-11)18(20)21/h3-8H,1-2H3. The highest BCUT2D eigenvalue weighted by molar-refractivity contribution is 6.06. The van der Waals surface area contributed by atoms with Crippen LogP contribution in [-0.4, -0.2) is 26.4 Å². The summed E-state index contributed by atoms with van der Waals surface area (Å²) in [5, 5.41) is 10.7. The van der Waals surface area contributed by atoms with Gasteiger partial charge in [0.05, 0.1) is 4.92 Å². The van der Waals surface area contributed by atoms with E-state index in [1.807, 2.05) is 0 Å². The lowest BCUT2D eigenvalue weighted by molar-refractivity contribution is -0.385. The number of carbonyl (C=O) groups is 1. The van der Waals surface area contributed by atoms with Crippen LogP contribution < -0.4 is 9.64 Å². The third kappa shape index (κ3) is 2.14. The van der Waals surface area contributed by atoms with Crippen LogP contribution in [0.25, 0.3) is 0 Å². The largest absolute Gasteiger partial charge is 0.474 e. The first-order valence-electron chi connectivity index (χ1n) is 6.49. The van der Waals surface area contributed by atoms with Gasteiger partial charge in [-0.1, -0.05) is 0 Å². The zero-order valence-electron chi connectivity index (χ0n) is 11.9. The maximum absolute atomic E-state index is 12.6. The van der Waals surface area contributed by atoms with E-state index >= 15 is 0 Å². The number of amides is 1. The molecule has 1 aliphatic rings. The van der Waals surface area contributed by atoms with Gasteiger partial charge in [-0.15, -0.1) is 0 Å². The predicted molar refractivity (Wildman–Crippen MR) is 77.0 cm³/mol. The molecule has 2 aromatic heterocycles. The molecule has 2 aromatic rings. The molecule has 0 fully saturated rings. The molecule has 0 unspecified atom stereocenters. The molecule has 3 rings (SSSR count). The summed E-state index contributed by atoms with van der Waals surface area (Å²) in [6.45, 7) is 3.29. The number of carbonyl (C=O) groups excluding carboxylic acids is 1. The van der Waals surface area contributed by atoms with Crippen LogP contribution >= 0.6 is 0 Å². The monoisotopic (exact) mass is 300 g/mol. The Morgan fingerprint density at radius 1 is 1.27 bits per heavy atom. The summed E-state index contributed by atoms with van der Waals surface area (Å²) in [6, 6.07) is 6.11. The molecule has 1 amide bonds. The average Bonchev–Trinajstić information content (AvgIpc) is 2.48. The van der Waals surface area contributed by atoms with Crippen molar-refractivity contribution in [2.24, 2.45) is 0 Å². The smallest absolute Gasteiger partial charge is 0.287 e. The van der Waals surface area contributed by atoms with E-state index in [1.165, 1.54) is 23.2 Å². The third-order valence-corrected chi connectivity index (χ3v) is 3.22. The summed E-state index contributed by atoms with van der Waals surface area (Å²) < 4.78 is 5.66. The van der Waals surface area contributed by atoms with E-state index in [4.69, 9.17) is 4.74 Å². The molecule has 0 saturated carbocycles. The van der Waals surface area contributed by atoms with Crippen molar-refractivity contribution in [3.8, 4) is 5.75 Å². The number of aromatic nitrogens is 2. The Bertz CT molecular complexity index is 758. The van der Waals surface area contributed by atoms with Crippen molar-refractivity contribution in [2.75, 3.05) is 4.90 Å². The molecule has 0 aliphatic carbocycles. The van der Waals surface area contributed by atoms with Crippen LogP contribution in [0.5, 0.6) is 5.75 Å². The van der Waals surface area contributed by atoms with Gasteiger partial charge in [-0.25, -0.2) is 14.9 Å². The van der Waals surface area contributed by atoms with Crippen LogP contribution in [0.4, 0.5) is 17.3 Å². The van der Waals surface area contributed by atoms with Crippen molar-refractivity contribution in [1.29, 1.82) is 0 Å². The Morgan fingerprint density at radius 3 is 2.68 bits per heavy atom. The second kappa shape index (κ2) is 4.76. The van der Waals surface area contributed by atoms with Crippen molar-refractivity contribution >= 4 is 23.2 Å². The number of hydrogen-bond donors (Lipinski definition) is 0. The first-order valence-corrected chi connectivity index (χ1v) is 6.49. The van der Waals surface area contributed by atoms with Gasteiger partial charge in [-0.3, -0.25) is 14.9 Å². The highest BCUT2D eigenvalue weighted by atomic mass is 16.6. The van der Waals surface area contributed by atoms with Crippen molar-refractivity contribution < 1.29 is 14.5 Å². The number of anilines is 2. The second-order valence-corrected chi connectivity index (χ2v) is 5.21. The molecular weight excluding hydrogens is 288 g/mol. The van der Waals surface area contributed by atoms with Gasteiger partial charge < -0.3 is 4.74 Å². The summed E-state index contributed by atoms with van der Waals surface area (Å²) in [4.78, 5) is 32.2. The molecule has 0 atom stereocenters. The van der Waals surface area contributed by atoms with Gasteiger partial charge >= 0.3 is 0 Å². The lowest BCUT2D eigenvalue weighted by Gasteiger charge is -2.37. The van der Waals surface area contributed by atoms with Crippen LogP contribution in [0.15, 0.2) is 36.7 Å². The molecule has 22 heavy (non-hydrogen) atoms. The molecule has 0 bridgehead atoms. The molecule has 0 saturated heterocycles. The normalized spacial score (nSPS) is 15.9. The van der Waals surface area contributed by atoms with Gasteiger partial charge in [-0.2, -0.15) is 0 Å². The van der Waals surface area contributed by atoms with Gasteiger partial charge in [0.15, 0.2) is 17.2 Å². The van der Waals surface area contributed by atoms with E-state index in [0.29, 0.717) is 11.6 Å². The number of rotatable bonds is 2. The van der Waals surface area contributed by atoms with E-state index in [2.05, 4.69) is 9.97 Å². The maximum atomic E-state index is 12.6. The Morgan fingerprint density at radius 2 is 2.05 bits per heavy atom. The molecule has 112 valence electrons. The molecule has 0 aromatic carbocycles. The summed E-state index contributed by atoms with van der Waals surface area (Å²) in [6.07, 6.45) is 2.64. The van der Waals surface area contributed by atoms with Gasteiger partial charge in [0.2, 0.25) is 0 Å². The number of hydrogen-bond acceptors (Lipinski definition) is 6. The Kier molecular flexibility index (Phi) is 3.01. The van der Waals surface area contributed by atoms with Crippen LogP contribution in [0.1, 0.15) is 13.8 Å². The molecule has 0 radical (unpaired) electrons. The van der Waals surface area contributed by atoms with Crippen molar-refractivity contribution in [1.82, 2.24) is 9.97 Å². The average molecular weight is 300 g/mol. The zero-order valence-corrected chi connectivity index (χ0v) is 11.9. The van der Waals surface area contributed by atoms with Crippen molar-refractivity contribution in [2.45, 2.75) is 19.4 Å². The highest BCUT2D eigenvalue weighted by Crippen LogP contribution is 2.39. The van der Waals surface area contributed by atoms with E-state index in [0.717, 1.165) is 6.20 Å². The van der Waals surface area contributed by atoms with E-state index in [9.17, 15) is 14.9 Å². The molecule has 0 N–H and O–H groups in total. The first-order chi connectivity index (χ1) is 10.4. The number of fused-ring (bicyclic) bond motifs is 1. The van der Waals surface area contributed by atoms with Crippen LogP contribution in [-0.2, 0) is 4.79 Å². The van der Waals surface area contributed by atoms with Crippen LogP contribution in [0, 0.1) is 10.1 Å². The number of pyridine rings is 2. The Labute approximate surface area is 125 Å². The molecule has 3 heterocycles. The van der Waals surface area contributed by atoms with Gasteiger partial charge in [-0.05, 0) is 32.0 Å². The van der Waals surface area contributed by atoms with E-state index < -0.39 is 10.5 Å².